The molecule has 0 unspecified atom stereocenters. The molecule has 0 saturated heterocycles. The van der Waals surface area contributed by atoms with E-state index in [0.29, 0.717) is 29.1 Å². The number of hydrogen-bond donors (Lipinski definition) is 0. The summed E-state index contributed by atoms with van der Waals surface area (Å²) in [6, 6.07) is 0. The number of carbonyl (C=O) groups is 1. The molecule has 0 aromatic carbocycles. The van der Waals surface area contributed by atoms with Crippen LogP contribution < -0.4 is 0 Å². The maximum atomic E-state index is 12.6. The van der Waals surface area contributed by atoms with Crippen LogP contribution in [0.2, 0.25) is 18.1 Å². The van der Waals surface area contributed by atoms with Crippen LogP contribution in [0, 0.1) is 34.5 Å². The monoisotopic (exact) mass is 460 g/mol. The maximum absolute atomic E-state index is 12.6. The molecule has 0 radical (unpaired) electrons. The van der Waals surface area contributed by atoms with Crippen LogP contribution in [-0.2, 0) is 14.0 Å². The molecule has 32 heavy (non-hydrogen) atoms. The van der Waals surface area contributed by atoms with Gasteiger partial charge in [0.05, 0.1) is 6.10 Å². The second-order valence-corrected chi connectivity index (χ2v) is 18.4. The van der Waals surface area contributed by atoms with Crippen molar-refractivity contribution in [2.45, 2.75) is 117 Å². The van der Waals surface area contributed by atoms with Crippen LogP contribution in [0.25, 0.3) is 0 Å². The van der Waals surface area contributed by atoms with Crippen LogP contribution in [0.1, 0.15) is 86.5 Å². The summed E-state index contributed by atoms with van der Waals surface area (Å²) in [6.45, 7) is 18.6. The minimum atomic E-state index is -1.74. The molecule has 0 heterocycles. The van der Waals surface area contributed by atoms with Gasteiger partial charge in [0.25, 0.3) is 0 Å². The van der Waals surface area contributed by atoms with Crippen LogP contribution in [0.3, 0.4) is 0 Å². The van der Waals surface area contributed by atoms with Crippen LogP contribution >= 0.6 is 0 Å². The number of Topliss-reactive ketones (excluding diaryl/α,β-unsaturated/α-hetero) is 1. The van der Waals surface area contributed by atoms with E-state index < -0.39 is 8.32 Å². The Bertz CT molecular complexity index is 780. The number of rotatable bonds is 4. The third kappa shape index (κ3) is 3.71. The van der Waals surface area contributed by atoms with Gasteiger partial charge in [-0.3, -0.25) is 4.79 Å². The predicted molar refractivity (Wildman–Crippen MR) is 134 cm³/mol. The van der Waals surface area contributed by atoms with Crippen LogP contribution in [0.15, 0.2) is 11.6 Å². The first kappa shape index (κ1) is 24.7. The first-order valence-electron chi connectivity index (χ1n) is 13.1. The van der Waals surface area contributed by atoms with Gasteiger partial charge in [-0.25, -0.2) is 0 Å². The highest BCUT2D eigenvalue weighted by atomic mass is 28.4. The van der Waals surface area contributed by atoms with Gasteiger partial charge >= 0.3 is 0 Å². The molecule has 4 aliphatic rings. The fourth-order valence-corrected chi connectivity index (χ4v) is 9.66. The van der Waals surface area contributed by atoms with Gasteiger partial charge in [0.15, 0.2) is 8.32 Å². The Balaban J connectivity index is 1.56. The Morgan fingerprint density at radius 3 is 2.41 bits per heavy atom. The van der Waals surface area contributed by atoms with Crippen LogP contribution in [-0.4, -0.2) is 33.4 Å². The number of methoxy groups -OCH3 is 1. The molecule has 0 spiro atoms. The van der Waals surface area contributed by atoms with Crippen molar-refractivity contribution < 1.29 is 14.0 Å². The number of fused-ring (bicyclic) bond motifs is 5. The Labute approximate surface area is 198 Å². The quantitative estimate of drug-likeness (QED) is 0.329. The molecule has 0 aromatic rings. The third-order valence-corrected chi connectivity index (χ3v) is 15.6. The highest BCUT2D eigenvalue weighted by Gasteiger charge is 2.62. The van der Waals surface area contributed by atoms with E-state index in [4.69, 9.17) is 9.16 Å². The zero-order valence-corrected chi connectivity index (χ0v) is 23.2. The molecule has 0 aromatic heterocycles. The van der Waals surface area contributed by atoms with E-state index in [1.165, 1.54) is 32.1 Å². The van der Waals surface area contributed by atoms with E-state index in [9.17, 15) is 4.79 Å². The van der Waals surface area contributed by atoms with Gasteiger partial charge in [0, 0.05) is 19.1 Å². The smallest absolute Gasteiger partial charge is 0.192 e. The molecule has 4 heteroatoms. The summed E-state index contributed by atoms with van der Waals surface area (Å²) in [4.78, 5) is 12.6. The summed E-state index contributed by atoms with van der Waals surface area (Å²) in [5.74, 6) is 2.46. The lowest BCUT2D eigenvalue weighted by Crippen LogP contribution is -2.52. The highest BCUT2D eigenvalue weighted by Crippen LogP contribution is 2.66. The van der Waals surface area contributed by atoms with Gasteiger partial charge in [0.2, 0.25) is 0 Å². The number of hydrogen-bond acceptors (Lipinski definition) is 3. The minimum Gasteiger partial charge on any atom is -0.414 e. The summed E-state index contributed by atoms with van der Waals surface area (Å²) in [5, 5.41) is 0.265. The molecule has 0 bridgehead atoms. The summed E-state index contributed by atoms with van der Waals surface area (Å²) in [5.41, 5.74) is 2.11. The second-order valence-electron chi connectivity index (χ2n) is 13.6. The normalized spacial score (nSPS) is 44.3. The van der Waals surface area contributed by atoms with Crippen molar-refractivity contribution >= 4 is 14.1 Å². The Hall–Kier alpha value is -0.453. The zero-order chi connectivity index (χ0) is 23.7. The zero-order valence-electron chi connectivity index (χ0n) is 22.2. The molecule has 0 N–H and O–H groups in total. The summed E-state index contributed by atoms with van der Waals surface area (Å²) >= 11 is 0. The van der Waals surface area contributed by atoms with Gasteiger partial charge in [-0.05, 0) is 98.6 Å². The van der Waals surface area contributed by atoms with E-state index >= 15 is 0 Å². The third-order valence-electron chi connectivity index (χ3n) is 11.1. The molecule has 0 amide bonds. The average molecular weight is 461 g/mol. The van der Waals surface area contributed by atoms with Gasteiger partial charge in [0.1, 0.15) is 5.78 Å². The number of ether oxygens (including phenoxy) is 1. The first-order valence-corrected chi connectivity index (χ1v) is 16.1. The van der Waals surface area contributed by atoms with Gasteiger partial charge < -0.3 is 9.16 Å². The molecule has 3 saturated carbocycles. The second kappa shape index (κ2) is 8.05. The lowest BCUT2D eigenvalue weighted by atomic mass is 9.47. The summed E-state index contributed by atoms with van der Waals surface area (Å²) in [7, 11) is 0.0694. The number of ketones is 1. The lowest BCUT2D eigenvalue weighted by molar-refractivity contribution is -0.131. The van der Waals surface area contributed by atoms with Crippen molar-refractivity contribution in [2.75, 3.05) is 7.11 Å². The standard InChI is InChI=1S/C28H48O3Si/c1-18(29)25-24(30-7)17-23-21-11-10-19-16-20(31-32(8,9)26(2,3)4)12-14-27(19,5)22(21)13-15-28(23,25)6/h10,20-25H,11-17H2,1-9H3/t20-,21-,22-,23-,24-,25+,27+,28+/m1/s1. The number of carbonyl (C=O) groups excluding carboxylic acids is 1. The fraction of sp³-hybridized carbons (Fsp3) is 0.893. The van der Waals surface area contributed by atoms with Gasteiger partial charge in [-0.1, -0.05) is 46.3 Å². The SMILES string of the molecule is CO[C@@H]1C[C@@H]2[C@@H]3CC=C4C[C@H](O[Si](C)(C)C(C)(C)C)CC[C@]4(C)[C@@H]3CC[C@]2(C)[C@H]1C(C)=O. The molecule has 3 nitrogen and oxygen atoms in total. The first-order chi connectivity index (χ1) is 14.7. The number of allylic oxidation sites excluding steroid dienone is 1. The van der Waals surface area contributed by atoms with Crippen molar-refractivity contribution in [2.24, 2.45) is 34.5 Å². The van der Waals surface area contributed by atoms with Crippen LogP contribution in [0.5, 0.6) is 0 Å². The average Bonchev–Trinajstić information content (AvgIpc) is 2.99. The lowest BCUT2D eigenvalue weighted by Gasteiger charge is -2.58. The fourth-order valence-electron chi connectivity index (χ4n) is 8.27. The van der Waals surface area contributed by atoms with E-state index in [2.05, 4.69) is 53.8 Å². The Kier molecular flexibility index (Phi) is 6.21. The van der Waals surface area contributed by atoms with Gasteiger partial charge in [-0.15, -0.1) is 0 Å². The van der Waals surface area contributed by atoms with Crippen molar-refractivity contribution in [3.63, 3.8) is 0 Å². The van der Waals surface area contributed by atoms with Crippen molar-refractivity contribution in [3.05, 3.63) is 11.6 Å². The molecular formula is C28H48O3Si. The molecule has 8 atom stereocenters. The van der Waals surface area contributed by atoms with Crippen molar-refractivity contribution in [1.82, 2.24) is 0 Å². The van der Waals surface area contributed by atoms with E-state index in [1.807, 2.05) is 7.11 Å². The topological polar surface area (TPSA) is 35.5 Å². The molecule has 4 rings (SSSR count). The molecule has 3 fully saturated rings. The molecule has 4 aliphatic carbocycles. The predicted octanol–water partition coefficient (Wildman–Crippen LogP) is 7.17. The molecular weight excluding hydrogens is 412 g/mol. The van der Waals surface area contributed by atoms with E-state index in [-0.39, 0.29) is 22.5 Å². The van der Waals surface area contributed by atoms with Gasteiger partial charge in [-0.2, -0.15) is 0 Å². The minimum absolute atomic E-state index is 0.0744. The highest BCUT2D eigenvalue weighted by molar-refractivity contribution is 6.74. The largest absolute Gasteiger partial charge is 0.414 e. The van der Waals surface area contributed by atoms with Crippen molar-refractivity contribution in [3.8, 4) is 0 Å². The Morgan fingerprint density at radius 2 is 1.81 bits per heavy atom. The van der Waals surface area contributed by atoms with E-state index in [1.54, 1.807) is 12.5 Å². The maximum Gasteiger partial charge on any atom is 0.192 e. The Morgan fingerprint density at radius 1 is 1.12 bits per heavy atom. The molecule has 0 aliphatic heterocycles. The molecule has 182 valence electrons. The van der Waals surface area contributed by atoms with E-state index in [0.717, 1.165) is 18.8 Å². The van der Waals surface area contributed by atoms with Crippen molar-refractivity contribution in [1.29, 1.82) is 0 Å². The summed E-state index contributed by atoms with van der Waals surface area (Å²) in [6.07, 6.45) is 11.4. The summed E-state index contributed by atoms with van der Waals surface area (Å²) < 4.78 is 12.8. The van der Waals surface area contributed by atoms with Crippen LogP contribution in [0.4, 0.5) is 0 Å².